The Morgan fingerprint density at radius 1 is 1.21 bits per heavy atom. The highest BCUT2D eigenvalue weighted by Crippen LogP contribution is 2.17. The summed E-state index contributed by atoms with van der Waals surface area (Å²) in [7, 11) is -3.01. The average Bonchev–Trinajstić information content (AvgIpc) is 3.17. The number of hydrogen-bond donors (Lipinski definition) is 1. The van der Waals surface area contributed by atoms with Gasteiger partial charge in [-0.05, 0) is 30.7 Å². The Morgan fingerprint density at radius 2 is 2.00 bits per heavy atom. The number of nitrogens with one attached hydrogen (secondary N) is 1. The van der Waals surface area contributed by atoms with Crippen LogP contribution in [0.3, 0.4) is 0 Å². The lowest BCUT2D eigenvalue weighted by Crippen LogP contribution is -2.42. The smallest absolute Gasteiger partial charge is 0.239 e. The molecule has 1 atom stereocenters. The Balaban J connectivity index is 1.66. The van der Waals surface area contributed by atoms with Crippen molar-refractivity contribution in [1.82, 2.24) is 5.32 Å². The molecule has 0 spiro atoms. The number of sulfone groups is 1. The molecule has 1 N–H and O–H groups in total. The first-order valence-corrected chi connectivity index (χ1v) is 9.66. The second-order valence-corrected chi connectivity index (χ2v) is 8.17. The molecular weight excluding hydrogens is 328 g/mol. The maximum absolute atomic E-state index is 12.3. The molecule has 1 saturated heterocycles. The van der Waals surface area contributed by atoms with Crippen molar-refractivity contribution >= 4 is 21.4 Å². The molecule has 1 aromatic carbocycles. The zero-order valence-corrected chi connectivity index (χ0v) is 14.0. The molecule has 1 aromatic heterocycles. The normalized spacial score (nSPS) is 19.1. The van der Waals surface area contributed by atoms with E-state index in [0.717, 1.165) is 11.4 Å². The first-order chi connectivity index (χ1) is 11.5. The van der Waals surface area contributed by atoms with Crippen molar-refractivity contribution in [3.05, 3.63) is 54.5 Å². The van der Waals surface area contributed by atoms with Gasteiger partial charge in [-0.25, -0.2) is 8.42 Å². The monoisotopic (exact) mass is 348 g/mol. The summed E-state index contributed by atoms with van der Waals surface area (Å²) in [5, 5.41) is 2.82. The summed E-state index contributed by atoms with van der Waals surface area (Å²) in [4.78, 5) is 14.2. The van der Waals surface area contributed by atoms with Crippen LogP contribution >= 0.6 is 0 Å². The lowest BCUT2D eigenvalue weighted by atomic mass is 10.2. The molecule has 1 fully saturated rings. The van der Waals surface area contributed by atoms with E-state index in [0.29, 0.717) is 13.0 Å². The quantitative estimate of drug-likeness (QED) is 0.857. The van der Waals surface area contributed by atoms with Crippen LogP contribution in [0.25, 0.3) is 0 Å². The second-order valence-electron chi connectivity index (χ2n) is 5.94. The molecule has 128 valence electrons. The van der Waals surface area contributed by atoms with Gasteiger partial charge in [0.1, 0.15) is 5.76 Å². The summed E-state index contributed by atoms with van der Waals surface area (Å²) >= 11 is 0. The highest BCUT2D eigenvalue weighted by atomic mass is 32.2. The van der Waals surface area contributed by atoms with Gasteiger partial charge in [0.25, 0.3) is 0 Å². The van der Waals surface area contributed by atoms with Gasteiger partial charge in [-0.2, -0.15) is 0 Å². The maximum atomic E-state index is 12.3. The predicted molar refractivity (Wildman–Crippen MR) is 91.4 cm³/mol. The van der Waals surface area contributed by atoms with Crippen molar-refractivity contribution in [2.45, 2.75) is 19.0 Å². The molecule has 24 heavy (non-hydrogen) atoms. The van der Waals surface area contributed by atoms with E-state index in [1.165, 1.54) is 0 Å². The highest BCUT2D eigenvalue weighted by Gasteiger charge is 2.29. The Bertz CT molecular complexity index is 772. The molecule has 6 nitrogen and oxygen atoms in total. The summed E-state index contributed by atoms with van der Waals surface area (Å²) in [5.41, 5.74) is 0.906. The number of carbonyl (C=O) groups is 1. The lowest BCUT2D eigenvalue weighted by molar-refractivity contribution is -0.120. The molecule has 7 heteroatoms. The fourth-order valence-electron chi connectivity index (χ4n) is 2.82. The zero-order chi connectivity index (χ0) is 17.0. The number of rotatable bonds is 6. The van der Waals surface area contributed by atoms with Crippen molar-refractivity contribution in [2.24, 2.45) is 0 Å². The molecule has 2 aromatic rings. The maximum Gasteiger partial charge on any atom is 0.239 e. The molecule has 0 bridgehead atoms. The number of furan rings is 1. The van der Waals surface area contributed by atoms with E-state index in [2.05, 4.69) is 5.32 Å². The standard InChI is InChI=1S/C17H20N2O4S/c20-17(18-14-8-10-24(21,22)13-14)12-19(11-16-7-4-9-23-16)15-5-2-1-3-6-15/h1-7,9,14H,8,10-13H2,(H,18,20)/t14-/m0/s1. The van der Waals surface area contributed by atoms with E-state index >= 15 is 0 Å². The average molecular weight is 348 g/mol. The van der Waals surface area contributed by atoms with Crippen LogP contribution in [-0.2, 0) is 21.2 Å². The summed E-state index contributed by atoms with van der Waals surface area (Å²) in [6, 6.07) is 13.0. The van der Waals surface area contributed by atoms with E-state index in [9.17, 15) is 13.2 Å². The SMILES string of the molecule is O=C(CN(Cc1ccco1)c1ccccc1)N[C@H]1CCS(=O)(=O)C1. The number of benzene rings is 1. The van der Waals surface area contributed by atoms with E-state index in [4.69, 9.17) is 4.42 Å². The molecular formula is C17H20N2O4S. The topological polar surface area (TPSA) is 79.6 Å². The van der Waals surface area contributed by atoms with Gasteiger partial charge in [0.15, 0.2) is 9.84 Å². The van der Waals surface area contributed by atoms with Crippen LogP contribution < -0.4 is 10.2 Å². The molecule has 0 radical (unpaired) electrons. The van der Waals surface area contributed by atoms with Crippen LogP contribution in [0, 0.1) is 0 Å². The summed E-state index contributed by atoms with van der Waals surface area (Å²) in [6.45, 7) is 0.606. The zero-order valence-electron chi connectivity index (χ0n) is 13.2. The van der Waals surface area contributed by atoms with Crippen molar-refractivity contribution in [3.8, 4) is 0 Å². The number of amides is 1. The number of para-hydroxylation sites is 1. The van der Waals surface area contributed by atoms with Crippen molar-refractivity contribution in [1.29, 1.82) is 0 Å². The Kier molecular flexibility index (Phi) is 4.89. The predicted octanol–water partition coefficient (Wildman–Crippen LogP) is 1.59. The van der Waals surface area contributed by atoms with Crippen LogP contribution in [-0.4, -0.2) is 38.4 Å². The van der Waals surface area contributed by atoms with E-state index in [-0.39, 0.29) is 30.0 Å². The third-order valence-corrected chi connectivity index (χ3v) is 5.75. The Morgan fingerprint density at radius 3 is 2.62 bits per heavy atom. The molecule has 0 aliphatic carbocycles. The molecule has 0 unspecified atom stereocenters. The minimum Gasteiger partial charge on any atom is -0.467 e. The fourth-order valence-corrected chi connectivity index (χ4v) is 4.50. The number of hydrogen-bond acceptors (Lipinski definition) is 5. The summed E-state index contributed by atoms with van der Waals surface area (Å²) in [5.74, 6) is 0.747. The van der Waals surface area contributed by atoms with Gasteiger partial charge in [0, 0.05) is 11.7 Å². The van der Waals surface area contributed by atoms with Crippen molar-refractivity contribution in [3.63, 3.8) is 0 Å². The summed E-state index contributed by atoms with van der Waals surface area (Å²) < 4.78 is 28.4. The van der Waals surface area contributed by atoms with Gasteiger partial charge < -0.3 is 14.6 Å². The molecule has 0 saturated carbocycles. The lowest BCUT2D eigenvalue weighted by Gasteiger charge is -2.24. The molecule has 1 aliphatic heterocycles. The van der Waals surface area contributed by atoms with Gasteiger partial charge in [0.05, 0.1) is 30.9 Å². The van der Waals surface area contributed by atoms with Gasteiger partial charge >= 0.3 is 0 Å². The van der Waals surface area contributed by atoms with E-state index < -0.39 is 9.84 Å². The third kappa shape index (κ3) is 4.38. The van der Waals surface area contributed by atoms with E-state index in [1.54, 1.807) is 6.26 Å². The largest absolute Gasteiger partial charge is 0.467 e. The minimum absolute atomic E-state index is 0.0300. The molecule has 1 amide bonds. The first kappa shape index (κ1) is 16.6. The fraction of sp³-hybridized carbons (Fsp3) is 0.353. The van der Waals surface area contributed by atoms with Crippen LogP contribution in [0.4, 0.5) is 5.69 Å². The van der Waals surface area contributed by atoms with Crippen LogP contribution in [0.2, 0.25) is 0 Å². The highest BCUT2D eigenvalue weighted by molar-refractivity contribution is 7.91. The number of carbonyl (C=O) groups excluding carboxylic acids is 1. The number of anilines is 1. The van der Waals surface area contributed by atoms with E-state index in [1.807, 2.05) is 47.4 Å². The number of nitrogens with zero attached hydrogens (tertiary/aromatic N) is 1. The van der Waals surface area contributed by atoms with Crippen molar-refractivity contribution < 1.29 is 17.6 Å². The second kappa shape index (κ2) is 7.09. The van der Waals surface area contributed by atoms with Crippen LogP contribution in [0.1, 0.15) is 12.2 Å². The third-order valence-electron chi connectivity index (χ3n) is 3.98. The van der Waals surface area contributed by atoms with Gasteiger partial charge in [0.2, 0.25) is 5.91 Å². The first-order valence-electron chi connectivity index (χ1n) is 7.84. The van der Waals surface area contributed by atoms with Crippen LogP contribution in [0.15, 0.2) is 53.1 Å². The molecule has 3 rings (SSSR count). The molecule has 1 aliphatic rings. The molecule has 2 heterocycles. The Hall–Kier alpha value is -2.28. The van der Waals surface area contributed by atoms with Crippen molar-refractivity contribution in [2.75, 3.05) is 23.0 Å². The van der Waals surface area contributed by atoms with Gasteiger partial charge in [-0.15, -0.1) is 0 Å². The minimum atomic E-state index is -3.01. The Labute approximate surface area is 141 Å². The van der Waals surface area contributed by atoms with Gasteiger partial charge in [-0.3, -0.25) is 4.79 Å². The van der Waals surface area contributed by atoms with Crippen LogP contribution in [0.5, 0.6) is 0 Å². The van der Waals surface area contributed by atoms with Gasteiger partial charge in [-0.1, -0.05) is 18.2 Å². The summed E-state index contributed by atoms with van der Waals surface area (Å²) in [6.07, 6.45) is 2.08.